The number of nitrogens with zero attached hydrogens (tertiary/aromatic N) is 3. The smallest absolute Gasteiger partial charge is 0.318 e. The van der Waals surface area contributed by atoms with E-state index in [1.54, 1.807) is 43.9 Å². The fraction of sp³-hybridized carbons (Fsp3) is 0.476. The molecule has 3 amide bonds. The number of nitrogens with one attached hydrogen (secondary N) is 1. The van der Waals surface area contributed by atoms with Crippen molar-refractivity contribution in [3.63, 3.8) is 0 Å². The van der Waals surface area contributed by atoms with E-state index >= 15 is 0 Å². The molecular formula is C21H28N4O5. The highest BCUT2D eigenvalue weighted by molar-refractivity contribution is 6.01. The molecule has 2 aromatic rings. The van der Waals surface area contributed by atoms with Crippen LogP contribution in [-0.2, 0) is 9.53 Å². The maximum absolute atomic E-state index is 13.2. The van der Waals surface area contributed by atoms with Crippen molar-refractivity contribution in [2.45, 2.75) is 38.8 Å². The van der Waals surface area contributed by atoms with E-state index in [4.69, 9.17) is 13.6 Å². The van der Waals surface area contributed by atoms with Crippen molar-refractivity contribution in [1.82, 2.24) is 15.2 Å². The molecule has 0 saturated heterocycles. The molecule has 1 atom stereocenters. The average Bonchev–Trinajstić information content (AvgIpc) is 3.43. The number of hydrazone groups is 1. The maximum Gasteiger partial charge on any atom is 0.318 e. The summed E-state index contributed by atoms with van der Waals surface area (Å²) in [6.07, 6.45) is 3.58. The predicted molar refractivity (Wildman–Crippen MR) is 110 cm³/mol. The Morgan fingerprint density at radius 3 is 2.60 bits per heavy atom. The second kappa shape index (κ2) is 9.17. The van der Waals surface area contributed by atoms with Gasteiger partial charge in [-0.1, -0.05) is 0 Å². The third kappa shape index (κ3) is 5.29. The Balaban J connectivity index is 1.80. The molecule has 0 saturated carbocycles. The minimum Gasteiger partial charge on any atom is -0.467 e. The first-order chi connectivity index (χ1) is 14.3. The van der Waals surface area contributed by atoms with Gasteiger partial charge in [-0.05, 0) is 45.0 Å². The first kappa shape index (κ1) is 21.6. The fourth-order valence-corrected chi connectivity index (χ4v) is 3.12. The lowest BCUT2D eigenvalue weighted by Gasteiger charge is -2.29. The van der Waals surface area contributed by atoms with Gasteiger partial charge in [0.1, 0.15) is 29.8 Å². The molecule has 30 heavy (non-hydrogen) atoms. The molecular weight excluding hydrogens is 388 g/mol. The maximum atomic E-state index is 13.2. The number of ether oxygens (including phenoxy) is 1. The highest BCUT2D eigenvalue weighted by Gasteiger charge is 2.36. The van der Waals surface area contributed by atoms with Crippen LogP contribution >= 0.6 is 0 Å². The van der Waals surface area contributed by atoms with Crippen molar-refractivity contribution in [2.24, 2.45) is 5.10 Å². The van der Waals surface area contributed by atoms with Crippen molar-refractivity contribution in [3.05, 3.63) is 48.3 Å². The third-order valence-electron chi connectivity index (χ3n) is 4.50. The van der Waals surface area contributed by atoms with Crippen LogP contribution in [0.1, 0.15) is 44.8 Å². The van der Waals surface area contributed by atoms with Gasteiger partial charge < -0.3 is 23.8 Å². The summed E-state index contributed by atoms with van der Waals surface area (Å²) in [4.78, 5) is 27.3. The Kier molecular flexibility index (Phi) is 6.61. The molecule has 0 radical (unpaired) electrons. The van der Waals surface area contributed by atoms with Gasteiger partial charge in [0.05, 0.1) is 19.1 Å². The van der Waals surface area contributed by atoms with Gasteiger partial charge in [0.2, 0.25) is 0 Å². The zero-order valence-corrected chi connectivity index (χ0v) is 17.8. The Hall–Kier alpha value is -3.07. The van der Waals surface area contributed by atoms with Gasteiger partial charge in [0.25, 0.3) is 5.91 Å². The lowest BCUT2D eigenvalue weighted by Crippen LogP contribution is -2.52. The summed E-state index contributed by atoms with van der Waals surface area (Å²) in [5.74, 6) is 0.901. The van der Waals surface area contributed by atoms with Crippen LogP contribution in [0.4, 0.5) is 4.79 Å². The van der Waals surface area contributed by atoms with Crippen LogP contribution in [0, 0.1) is 0 Å². The van der Waals surface area contributed by atoms with Gasteiger partial charge in [-0.25, -0.2) is 9.80 Å². The summed E-state index contributed by atoms with van der Waals surface area (Å²) >= 11 is 0. The fourth-order valence-electron chi connectivity index (χ4n) is 3.12. The number of carbonyl (C=O) groups excluding carboxylic acids is 2. The van der Waals surface area contributed by atoms with E-state index in [9.17, 15) is 9.59 Å². The Morgan fingerprint density at radius 2 is 2.00 bits per heavy atom. The summed E-state index contributed by atoms with van der Waals surface area (Å²) in [7, 11) is 1.55. The Bertz CT molecular complexity index is 868. The van der Waals surface area contributed by atoms with Crippen molar-refractivity contribution in [3.8, 4) is 0 Å². The van der Waals surface area contributed by atoms with Gasteiger partial charge in [0.15, 0.2) is 0 Å². The van der Waals surface area contributed by atoms with Crippen LogP contribution in [0.5, 0.6) is 0 Å². The third-order valence-corrected chi connectivity index (χ3v) is 4.50. The molecule has 3 rings (SSSR count). The quantitative estimate of drug-likeness (QED) is 0.748. The van der Waals surface area contributed by atoms with Gasteiger partial charge in [-0.2, -0.15) is 5.10 Å². The van der Waals surface area contributed by atoms with Crippen molar-refractivity contribution < 1.29 is 23.2 Å². The molecule has 1 aliphatic rings. The first-order valence-electron chi connectivity index (χ1n) is 9.81. The Morgan fingerprint density at radius 1 is 1.27 bits per heavy atom. The molecule has 0 aromatic carbocycles. The molecule has 0 fully saturated rings. The second-order valence-electron chi connectivity index (χ2n) is 8.09. The van der Waals surface area contributed by atoms with E-state index in [0.29, 0.717) is 30.3 Å². The minimum absolute atomic E-state index is 0.141. The standard InChI is InChI=1S/C21H28N4O5/c1-21(2,3)22-20(27)24(9-12-28-4)14-19(26)25-16(18-8-6-11-30-18)13-15(23-25)17-7-5-10-29-17/h5-8,10-11,16H,9,12-14H2,1-4H3,(H,22,27). The summed E-state index contributed by atoms with van der Waals surface area (Å²) in [6, 6.07) is 6.41. The number of methoxy groups -OCH3 is 1. The molecule has 1 aliphatic heterocycles. The van der Waals surface area contributed by atoms with Crippen LogP contribution in [0.2, 0.25) is 0 Å². The van der Waals surface area contributed by atoms with E-state index in [1.165, 1.54) is 9.91 Å². The normalized spacial score (nSPS) is 16.5. The number of rotatable bonds is 7. The predicted octanol–water partition coefficient (Wildman–Crippen LogP) is 3.01. The molecule has 1 N–H and O–H groups in total. The monoisotopic (exact) mass is 416 g/mol. The summed E-state index contributed by atoms with van der Waals surface area (Å²) in [5, 5.41) is 8.75. The molecule has 1 unspecified atom stereocenters. The number of amides is 3. The summed E-state index contributed by atoms with van der Waals surface area (Å²) in [5.41, 5.74) is 0.220. The molecule has 2 aromatic heterocycles. The molecule has 9 nitrogen and oxygen atoms in total. The van der Waals surface area contributed by atoms with E-state index in [2.05, 4.69) is 10.4 Å². The highest BCUT2D eigenvalue weighted by Crippen LogP contribution is 2.33. The number of carbonyl (C=O) groups is 2. The number of urea groups is 1. The molecule has 0 bridgehead atoms. The second-order valence-corrected chi connectivity index (χ2v) is 8.09. The minimum atomic E-state index is -0.430. The Labute approximate surface area is 175 Å². The van der Waals surface area contributed by atoms with Gasteiger partial charge in [-0.3, -0.25) is 4.79 Å². The lowest BCUT2D eigenvalue weighted by atomic mass is 10.1. The van der Waals surface area contributed by atoms with Gasteiger partial charge >= 0.3 is 6.03 Å². The zero-order chi connectivity index (χ0) is 21.7. The lowest BCUT2D eigenvalue weighted by molar-refractivity contribution is -0.134. The number of hydrogen-bond donors (Lipinski definition) is 1. The SMILES string of the molecule is COCCN(CC(=O)N1N=C(c2ccco2)CC1c1ccco1)C(=O)NC(C)(C)C. The van der Waals surface area contributed by atoms with E-state index < -0.39 is 11.6 Å². The summed E-state index contributed by atoms with van der Waals surface area (Å²) < 4.78 is 16.1. The van der Waals surface area contributed by atoms with Crippen LogP contribution in [-0.4, -0.2) is 59.9 Å². The number of furan rings is 2. The molecule has 0 aliphatic carbocycles. The van der Waals surface area contributed by atoms with E-state index in [-0.39, 0.29) is 25.0 Å². The molecule has 9 heteroatoms. The van der Waals surface area contributed by atoms with Crippen LogP contribution in [0.25, 0.3) is 0 Å². The number of hydrogen-bond acceptors (Lipinski definition) is 6. The van der Waals surface area contributed by atoms with Crippen molar-refractivity contribution >= 4 is 17.6 Å². The van der Waals surface area contributed by atoms with Crippen LogP contribution in [0.3, 0.4) is 0 Å². The zero-order valence-electron chi connectivity index (χ0n) is 17.8. The molecule has 162 valence electrons. The summed E-state index contributed by atoms with van der Waals surface area (Å²) in [6.45, 7) is 6.10. The van der Waals surface area contributed by atoms with Crippen molar-refractivity contribution in [2.75, 3.05) is 26.8 Å². The highest BCUT2D eigenvalue weighted by atomic mass is 16.5. The van der Waals surface area contributed by atoms with Gasteiger partial charge in [-0.15, -0.1) is 0 Å². The molecule has 0 spiro atoms. The van der Waals surface area contributed by atoms with E-state index in [1.807, 2.05) is 20.8 Å². The first-order valence-corrected chi connectivity index (χ1v) is 9.81. The van der Waals surface area contributed by atoms with Crippen LogP contribution in [0.15, 0.2) is 50.7 Å². The van der Waals surface area contributed by atoms with Gasteiger partial charge in [0, 0.05) is 25.6 Å². The molecule has 3 heterocycles. The largest absolute Gasteiger partial charge is 0.467 e. The van der Waals surface area contributed by atoms with E-state index in [0.717, 1.165) is 0 Å². The van der Waals surface area contributed by atoms with Crippen LogP contribution < -0.4 is 5.32 Å². The topological polar surface area (TPSA) is 101 Å². The van der Waals surface area contributed by atoms with Crippen molar-refractivity contribution in [1.29, 1.82) is 0 Å². The average molecular weight is 416 g/mol.